The molecule has 2 heterocycles. The highest BCUT2D eigenvalue weighted by atomic mass is 35.5. The molecule has 94 valence electrons. The number of aliphatic hydroxyl groups is 1. The topological polar surface area (TPSA) is 36.4 Å². The summed E-state index contributed by atoms with van der Waals surface area (Å²) in [5.41, 5.74) is 1.01. The highest BCUT2D eigenvalue weighted by molar-refractivity contribution is 6.34. The lowest BCUT2D eigenvalue weighted by atomic mass is 10.1. The highest BCUT2D eigenvalue weighted by Crippen LogP contribution is 2.24. The molecule has 1 aliphatic rings. The highest BCUT2D eigenvalue weighted by Gasteiger charge is 2.22. The summed E-state index contributed by atoms with van der Waals surface area (Å²) in [5.74, 6) is 0.610. The number of aromatic nitrogens is 1. The molecule has 5 heteroatoms. The molecule has 0 bridgehead atoms. The Morgan fingerprint density at radius 3 is 3.00 bits per heavy atom. The predicted octanol–water partition coefficient (Wildman–Crippen LogP) is 2.59. The lowest BCUT2D eigenvalue weighted by Gasteiger charge is -2.16. The van der Waals surface area contributed by atoms with Crippen molar-refractivity contribution in [3.63, 3.8) is 0 Å². The van der Waals surface area contributed by atoms with Crippen molar-refractivity contribution in [3.05, 3.63) is 28.0 Å². The summed E-state index contributed by atoms with van der Waals surface area (Å²) in [7, 11) is 0. The molecule has 1 atom stereocenters. The van der Waals surface area contributed by atoms with Gasteiger partial charge in [0.2, 0.25) is 0 Å². The van der Waals surface area contributed by atoms with Crippen molar-refractivity contribution >= 4 is 23.2 Å². The van der Waals surface area contributed by atoms with Crippen molar-refractivity contribution in [2.24, 2.45) is 5.92 Å². The summed E-state index contributed by atoms with van der Waals surface area (Å²) in [5, 5.41) is 10.0. The smallest absolute Gasteiger partial charge is 0.130 e. The van der Waals surface area contributed by atoms with Gasteiger partial charge in [0.1, 0.15) is 5.15 Å². The molecular formula is C12H16Cl2N2O. The van der Waals surface area contributed by atoms with Crippen LogP contribution in [-0.2, 0) is 6.54 Å². The van der Waals surface area contributed by atoms with Crippen LogP contribution in [0.1, 0.15) is 18.4 Å². The normalized spacial score (nSPS) is 21.0. The van der Waals surface area contributed by atoms with Gasteiger partial charge in [-0.1, -0.05) is 23.2 Å². The Morgan fingerprint density at radius 2 is 2.29 bits per heavy atom. The summed E-state index contributed by atoms with van der Waals surface area (Å²) in [6, 6.07) is 1.68. The Kier molecular flexibility index (Phi) is 4.62. The largest absolute Gasteiger partial charge is 0.396 e. The van der Waals surface area contributed by atoms with E-state index in [-0.39, 0.29) is 6.61 Å². The van der Waals surface area contributed by atoms with E-state index in [4.69, 9.17) is 28.3 Å². The molecule has 0 spiro atoms. The summed E-state index contributed by atoms with van der Waals surface area (Å²) >= 11 is 11.9. The Hall–Kier alpha value is -0.350. The van der Waals surface area contributed by atoms with Gasteiger partial charge < -0.3 is 5.11 Å². The van der Waals surface area contributed by atoms with Crippen molar-refractivity contribution in [3.8, 4) is 0 Å². The zero-order valence-electron chi connectivity index (χ0n) is 9.57. The minimum Gasteiger partial charge on any atom is -0.396 e. The number of aliphatic hydroxyl groups excluding tert-OH is 1. The van der Waals surface area contributed by atoms with E-state index in [0.29, 0.717) is 16.1 Å². The van der Waals surface area contributed by atoms with E-state index in [1.165, 1.54) is 0 Å². The maximum absolute atomic E-state index is 8.91. The number of halogens is 2. The second kappa shape index (κ2) is 6.01. The molecule has 1 aliphatic heterocycles. The van der Waals surface area contributed by atoms with Crippen LogP contribution >= 0.6 is 23.2 Å². The fourth-order valence-corrected chi connectivity index (χ4v) is 2.69. The average molecular weight is 275 g/mol. The number of nitrogens with zero attached hydrogens (tertiary/aromatic N) is 2. The Morgan fingerprint density at radius 1 is 1.47 bits per heavy atom. The summed E-state index contributed by atoms with van der Waals surface area (Å²) in [6.45, 7) is 3.18. The van der Waals surface area contributed by atoms with E-state index in [2.05, 4.69) is 9.88 Å². The lowest BCUT2D eigenvalue weighted by Crippen LogP contribution is -2.20. The SMILES string of the molecule is OCCC1CCN(Cc2cnc(Cl)cc2Cl)C1. The maximum atomic E-state index is 8.91. The predicted molar refractivity (Wildman–Crippen MR) is 69.3 cm³/mol. The van der Waals surface area contributed by atoms with Crippen LogP contribution in [0.3, 0.4) is 0 Å². The van der Waals surface area contributed by atoms with Gasteiger partial charge in [-0.3, -0.25) is 4.90 Å². The maximum Gasteiger partial charge on any atom is 0.130 e. The Bertz CT molecular complexity index is 387. The first kappa shape index (κ1) is 13.1. The van der Waals surface area contributed by atoms with Crippen LogP contribution in [0.15, 0.2) is 12.3 Å². The first-order chi connectivity index (χ1) is 8.19. The van der Waals surface area contributed by atoms with E-state index in [0.717, 1.165) is 38.0 Å². The molecule has 1 saturated heterocycles. The zero-order chi connectivity index (χ0) is 12.3. The molecule has 0 aliphatic carbocycles. The molecule has 2 rings (SSSR count). The van der Waals surface area contributed by atoms with Crippen molar-refractivity contribution in [2.75, 3.05) is 19.7 Å². The van der Waals surface area contributed by atoms with Crippen LogP contribution in [-0.4, -0.2) is 34.7 Å². The first-order valence-electron chi connectivity index (χ1n) is 5.82. The second-order valence-corrected chi connectivity index (χ2v) is 5.29. The van der Waals surface area contributed by atoms with Crippen LogP contribution in [0.2, 0.25) is 10.2 Å². The number of rotatable bonds is 4. The van der Waals surface area contributed by atoms with Crippen molar-refractivity contribution in [2.45, 2.75) is 19.4 Å². The van der Waals surface area contributed by atoms with E-state index < -0.39 is 0 Å². The quantitative estimate of drug-likeness (QED) is 0.858. The van der Waals surface area contributed by atoms with E-state index in [1.54, 1.807) is 12.3 Å². The number of pyridine rings is 1. The molecule has 1 fully saturated rings. The minimum atomic E-state index is 0.280. The summed E-state index contributed by atoms with van der Waals surface area (Å²) in [4.78, 5) is 6.40. The van der Waals surface area contributed by atoms with Gasteiger partial charge in [0.15, 0.2) is 0 Å². The molecular weight excluding hydrogens is 259 g/mol. The van der Waals surface area contributed by atoms with Crippen LogP contribution < -0.4 is 0 Å². The summed E-state index contributed by atoms with van der Waals surface area (Å²) in [6.07, 6.45) is 3.78. The van der Waals surface area contributed by atoms with Gasteiger partial charge in [0.05, 0.1) is 0 Å². The van der Waals surface area contributed by atoms with Crippen LogP contribution in [0.4, 0.5) is 0 Å². The molecule has 1 aromatic heterocycles. The van der Waals surface area contributed by atoms with Crippen LogP contribution in [0.25, 0.3) is 0 Å². The number of hydrogen-bond donors (Lipinski definition) is 1. The third-order valence-electron chi connectivity index (χ3n) is 3.20. The molecule has 0 amide bonds. The minimum absolute atomic E-state index is 0.280. The number of hydrogen-bond acceptors (Lipinski definition) is 3. The first-order valence-corrected chi connectivity index (χ1v) is 6.57. The standard InChI is InChI=1S/C12H16Cl2N2O/c13-11-5-12(14)15-6-10(11)8-16-3-1-9(7-16)2-4-17/h5-6,9,17H,1-4,7-8H2. The molecule has 0 aromatic carbocycles. The van der Waals surface area contributed by atoms with Gasteiger partial charge in [-0.25, -0.2) is 4.98 Å². The van der Waals surface area contributed by atoms with Gasteiger partial charge in [0.25, 0.3) is 0 Å². The van der Waals surface area contributed by atoms with Crippen molar-refractivity contribution in [1.29, 1.82) is 0 Å². The monoisotopic (exact) mass is 274 g/mol. The van der Waals surface area contributed by atoms with E-state index in [1.807, 2.05) is 0 Å². The molecule has 17 heavy (non-hydrogen) atoms. The molecule has 1 N–H and O–H groups in total. The van der Waals surface area contributed by atoms with Gasteiger partial charge in [-0.2, -0.15) is 0 Å². The Balaban J connectivity index is 1.93. The van der Waals surface area contributed by atoms with Crippen molar-refractivity contribution < 1.29 is 5.11 Å². The van der Waals surface area contributed by atoms with E-state index in [9.17, 15) is 0 Å². The average Bonchev–Trinajstić information content (AvgIpc) is 2.71. The van der Waals surface area contributed by atoms with Crippen molar-refractivity contribution in [1.82, 2.24) is 9.88 Å². The molecule has 3 nitrogen and oxygen atoms in total. The fourth-order valence-electron chi connectivity index (χ4n) is 2.27. The van der Waals surface area contributed by atoms with Crippen LogP contribution in [0.5, 0.6) is 0 Å². The van der Waals surface area contributed by atoms with E-state index >= 15 is 0 Å². The number of likely N-dealkylation sites (tertiary alicyclic amines) is 1. The van der Waals surface area contributed by atoms with Crippen LogP contribution in [0, 0.1) is 5.92 Å². The zero-order valence-corrected chi connectivity index (χ0v) is 11.1. The van der Waals surface area contributed by atoms with Gasteiger partial charge >= 0.3 is 0 Å². The third kappa shape index (κ3) is 3.55. The van der Waals surface area contributed by atoms with Gasteiger partial charge in [-0.15, -0.1) is 0 Å². The Labute approximate surface area is 111 Å². The molecule has 1 aromatic rings. The van der Waals surface area contributed by atoms with Gasteiger partial charge in [0, 0.05) is 36.5 Å². The molecule has 1 unspecified atom stereocenters. The third-order valence-corrected chi connectivity index (χ3v) is 3.76. The molecule has 0 saturated carbocycles. The fraction of sp³-hybridized carbons (Fsp3) is 0.583. The summed E-state index contributed by atoms with van der Waals surface area (Å²) < 4.78 is 0. The second-order valence-electron chi connectivity index (χ2n) is 4.50. The lowest BCUT2D eigenvalue weighted by molar-refractivity contribution is 0.249. The molecule has 0 radical (unpaired) electrons. The van der Waals surface area contributed by atoms with Gasteiger partial charge in [-0.05, 0) is 31.4 Å².